The molecule has 3 rings (SSSR count). The number of benzene rings is 1. The first kappa shape index (κ1) is 20.3. The van der Waals surface area contributed by atoms with Crippen molar-refractivity contribution in [2.75, 3.05) is 12.4 Å². The molecule has 3 aromatic rings. The van der Waals surface area contributed by atoms with Crippen molar-refractivity contribution in [3.05, 3.63) is 53.2 Å². The summed E-state index contributed by atoms with van der Waals surface area (Å²) in [5, 5.41) is 6.43. The molecule has 2 aromatic heterocycles. The number of ether oxygens (including phenoxy) is 1. The van der Waals surface area contributed by atoms with E-state index in [-0.39, 0.29) is 24.3 Å². The van der Waals surface area contributed by atoms with E-state index < -0.39 is 5.97 Å². The zero-order valence-corrected chi connectivity index (χ0v) is 17.3. The van der Waals surface area contributed by atoms with Crippen LogP contribution in [0.1, 0.15) is 31.0 Å². The molecular weight excluding hydrogens is 394 g/mol. The Balaban J connectivity index is 1.43. The van der Waals surface area contributed by atoms with Crippen molar-refractivity contribution in [1.82, 2.24) is 15.3 Å². The highest BCUT2D eigenvalue weighted by molar-refractivity contribution is 8.00. The maximum Gasteiger partial charge on any atom is 0.316 e. The number of hydrogen-bond donors (Lipinski definition) is 1. The summed E-state index contributed by atoms with van der Waals surface area (Å²) in [7, 11) is 0. The minimum Gasteiger partial charge on any atom is -0.455 e. The first-order valence-corrected chi connectivity index (χ1v) is 10.8. The molecule has 0 radical (unpaired) electrons. The highest BCUT2D eigenvalue weighted by atomic mass is 32.2. The van der Waals surface area contributed by atoms with Crippen LogP contribution < -0.4 is 5.32 Å². The minimum atomic E-state index is -0.456. The van der Waals surface area contributed by atoms with Gasteiger partial charge < -0.3 is 10.1 Å². The van der Waals surface area contributed by atoms with E-state index >= 15 is 0 Å². The van der Waals surface area contributed by atoms with Gasteiger partial charge in [-0.3, -0.25) is 9.59 Å². The molecule has 0 bridgehead atoms. The number of esters is 1. The second kappa shape index (κ2) is 9.66. The number of rotatable bonds is 8. The van der Waals surface area contributed by atoms with E-state index in [1.54, 1.807) is 0 Å². The van der Waals surface area contributed by atoms with Crippen LogP contribution in [0, 0.1) is 0 Å². The highest BCUT2D eigenvalue weighted by Crippen LogP contribution is 2.27. The Hall–Kier alpha value is -2.45. The molecule has 0 aliphatic heterocycles. The van der Waals surface area contributed by atoms with Crippen LogP contribution in [0.5, 0.6) is 0 Å². The fourth-order valence-electron chi connectivity index (χ4n) is 2.61. The van der Waals surface area contributed by atoms with Crippen LogP contribution in [-0.2, 0) is 20.7 Å². The van der Waals surface area contributed by atoms with Crippen molar-refractivity contribution >= 4 is 45.2 Å². The molecule has 1 N–H and O–H groups in total. The van der Waals surface area contributed by atoms with Gasteiger partial charge in [0.25, 0.3) is 5.91 Å². The number of amides is 1. The van der Waals surface area contributed by atoms with Gasteiger partial charge in [-0.15, -0.1) is 11.3 Å². The molecule has 0 spiro atoms. The standard InChI is InChI=1S/C20H21N3O3S2/c1-3-14-4-6-15(7-5-14)13(2)23-17(24)10-26-18(25)11-28-20-16-8-9-27-19(16)21-12-22-20/h4-9,12-13H,3,10-11H2,1-2H3,(H,23,24)/t13-/m0/s1. The minimum absolute atomic E-state index is 0.0866. The van der Waals surface area contributed by atoms with E-state index in [0.29, 0.717) is 0 Å². The van der Waals surface area contributed by atoms with E-state index in [1.165, 1.54) is 35.0 Å². The molecule has 146 valence electrons. The molecule has 0 aliphatic carbocycles. The molecule has 6 nitrogen and oxygen atoms in total. The van der Waals surface area contributed by atoms with E-state index in [0.717, 1.165) is 27.2 Å². The third-order valence-electron chi connectivity index (χ3n) is 4.18. The number of aryl methyl sites for hydroxylation is 1. The summed E-state index contributed by atoms with van der Waals surface area (Å²) >= 11 is 2.80. The smallest absolute Gasteiger partial charge is 0.316 e. The first-order chi connectivity index (χ1) is 13.6. The third kappa shape index (κ3) is 5.30. The second-order valence-electron chi connectivity index (χ2n) is 6.15. The molecular formula is C20H21N3O3S2. The van der Waals surface area contributed by atoms with Gasteiger partial charge in [0.15, 0.2) is 6.61 Å². The maximum absolute atomic E-state index is 12.1. The molecule has 8 heteroatoms. The van der Waals surface area contributed by atoms with Gasteiger partial charge in [0.05, 0.1) is 11.8 Å². The average molecular weight is 416 g/mol. The molecule has 0 fully saturated rings. The summed E-state index contributed by atoms with van der Waals surface area (Å²) in [4.78, 5) is 33.3. The van der Waals surface area contributed by atoms with Crippen LogP contribution in [0.15, 0.2) is 47.1 Å². The Labute approximate surface area is 171 Å². The van der Waals surface area contributed by atoms with E-state index in [9.17, 15) is 9.59 Å². The molecule has 1 atom stereocenters. The lowest BCUT2D eigenvalue weighted by Crippen LogP contribution is -2.31. The Morgan fingerprint density at radius 1 is 1.21 bits per heavy atom. The second-order valence-corrected chi connectivity index (χ2v) is 8.01. The fraction of sp³-hybridized carbons (Fsp3) is 0.300. The van der Waals surface area contributed by atoms with Gasteiger partial charge in [0, 0.05) is 5.39 Å². The van der Waals surface area contributed by atoms with Crippen molar-refractivity contribution in [3.8, 4) is 0 Å². The number of thiophene rings is 1. The van der Waals surface area contributed by atoms with Crippen molar-refractivity contribution < 1.29 is 14.3 Å². The SMILES string of the molecule is CCc1ccc([C@H](C)NC(=O)COC(=O)CSc2ncnc3sccc23)cc1. The zero-order valence-electron chi connectivity index (χ0n) is 15.7. The summed E-state index contributed by atoms with van der Waals surface area (Å²) in [6, 6.07) is 9.87. The zero-order chi connectivity index (χ0) is 19.9. The number of thioether (sulfide) groups is 1. The van der Waals surface area contributed by atoms with Gasteiger partial charge in [0.2, 0.25) is 0 Å². The topological polar surface area (TPSA) is 81.2 Å². The van der Waals surface area contributed by atoms with E-state index in [4.69, 9.17) is 4.74 Å². The predicted molar refractivity (Wildman–Crippen MR) is 111 cm³/mol. The summed E-state index contributed by atoms with van der Waals surface area (Å²) in [6.45, 7) is 3.70. The Morgan fingerprint density at radius 3 is 2.75 bits per heavy atom. The third-order valence-corrected chi connectivity index (χ3v) is 5.98. The number of nitrogens with zero attached hydrogens (tertiary/aromatic N) is 2. The van der Waals surface area contributed by atoms with Gasteiger partial charge in [-0.2, -0.15) is 0 Å². The lowest BCUT2D eigenvalue weighted by Gasteiger charge is -2.15. The first-order valence-electron chi connectivity index (χ1n) is 8.91. The van der Waals surface area contributed by atoms with Gasteiger partial charge in [-0.25, -0.2) is 9.97 Å². The van der Waals surface area contributed by atoms with Crippen molar-refractivity contribution in [1.29, 1.82) is 0 Å². The predicted octanol–water partition coefficient (Wildman–Crippen LogP) is 3.77. The van der Waals surface area contributed by atoms with Gasteiger partial charge in [-0.05, 0) is 35.9 Å². The molecule has 28 heavy (non-hydrogen) atoms. The number of aromatic nitrogens is 2. The quantitative estimate of drug-likeness (QED) is 0.343. The number of carbonyl (C=O) groups is 2. The van der Waals surface area contributed by atoms with E-state index in [1.807, 2.05) is 42.6 Å². The van der Waals surface area contributed by atoms with Gasteiger partial charge in [-0.1, -0.05) is 43.0 Å². The van der Waals surface area contributed by atoms with Crippen molar-refractivity contribution in [2.45, 2.75) is 31.3 Å². The van der Waals surface area contributed by atoms with Crippen LogP contribution >= 0.6 is 23.1 Å². The van der Waals surface area contributed by atoms with Crippen LogP contribution in [0.3, 0.4) is 0 Å². The maximum atomic E-state index is 12.1. The van der Waals surface area contributed by atoms with Crippen molar-refractivity contribution in [3.63, 3.8) is 0 Å². The lowest BCUT2D eigenvalue weighted by atomic mass is 10.1. The molecule has 0 unspecified atom stereocenters. The number of fused-ring (bicyclic) bond motifs is 1. The average Bonchev–Trinajstić information content (AvgIpc) is 3.20. The Bertz CT molecular complexity index is 957. The molecule has 0 aliphatic rings. The number of nitrogens with one attached hydrogen (secondary N) is 1. The summed E-state index contributed by atoms with van der Waals surface area (Å²) in [5.74, 6) is -0.696. The van der Waals surface area contributed by atoms with E-state index in [2.05, 4.69) is 22.2 Å². The molecule has 0 saturated carbocycles. The molecule has 1 aromatic carbocycles. The van der Waals surface area contributed by atoms with Gasteiger partial charge >= 0.3 is 5.97 Å². The fourth-order valence-corrected chi connectivity index (χ4v) is 4.18. The monoisotopic (exact) mass is 415 g/mol. The molecule has 0 saturated heterocycles. The molecule has 1 amide bonds. The normalized spacial score (nSPS) is 11.9. The highest BCUT2D eigenvalue weighted by Gasteiger charge is 2.13. The van der Waals surface area contributed by atoms with Crippen LogP contribution in [0.25, 0.3) is 10.2 Å². The Morgan fingerprint density at radius 2 is 2.00 bits per heavy atom. The summed E-state index contributed by atoms with van der Waals surface area (Å²) in [6.07, 6.45) is 2.45. The largest absolute Gasteiger partial charge is 0.455 e. The summed E-state index contributed by atoms with van der Waals surface area (Å²) < 4.78 is 5.08. The summed E-state index contributed by atoms with van der Waals surface area (Å²) in [5.41, 5.74) is 2.26. The van der Waals surface area contributed by atoms with Crippen LogP contribution in [0.2, 0.25) is 0 Å². The lowest BCUT2D eigenvalue weighted by molar-refractivity contribution is -0.146. The Kier molecular flexibility index (Phi) is 7.00. The number of carbonyl (C=O) groups excluding carboxylic acids is 2. The molecule has 2 heterocycles. The number of hydrogen-bond acceptors (Lipinski definition) is 7. The van der Waals surface area contributed by atoms with Gasteiger partial charge in [0.1, 0.15) is 16.2 Å². The van der Waals surface area contributed by atoms with Crippen LogP contribution in [-0.4, -0.2) is 34.2 Å². The van der Waals surface area contributed by atoms with Crippen molar-refractivity contribution in [2.24, 2.45) is 0 Å². The van der Waals surface area contributed by atoms with Crippen LogP contribution in [0.4, 0.5) is 0 Å².